The summed E-state index contributed by atoms with van der Waals surface area (Å²) in [6.07, 6.45) is 3.79. The normalized spacial score (nSPS) is 27.5. The van der Waals surface area contributed by atoms with Crippen LogP contribution in [0.2, 0.25) is 0 Å². The maximum Gasteiger partial charge on any atom is 0.222 e. The third-order valence-corrected chi connectivity index (χ3v) is 3.39. The summed E-state index contributed by atoms with van der Waals surface area (Å²) in [4.78, 5) is 8.30. The minimum Gasteiger partial charge on any atom is -0.474 e. The zero-order chi connectivity index (χ0) is 14.0. The van der Waals surface area contributed by atoms with Gasteiger partial charge in [-0.3, -0.25) is 0 Å². The number of hydrogen-bond acceptors (Lipinski definition) is 5. The van der Waals surface area contributed by atoms with Crippen LogP contribution >= 0.6 is 0 Å². The molecular weight excluding hydrogens is 242 g/mol. The second kappa shape index (κ2) is 5.74. The van der Waals surface area contributed by atoms with E-state index in [9.17, 15) is 0 Å². The van der Waals surface area contributed by atoms with E-state index >= 15 is 0 Å². The smallest absolute Gasteiger partial charge is 0.222 e. The van der Waals surface area contributed by atoms with Gasteiger partial charge in [0.1, 0.15) is 18.2 Å². The summed E-state index contributed by atoms with van der Waals surface area (Å²) in [6, 6.07) is 0. The lowest BCUT2D eigenvalue weighted by Gasteiger charge is -2.32. The van der Waals surface area contributed by atoms with Gasteiger partial charge in [0.25, 0.3) is 0 Å². The Labute approximate surface area is 114 Å². The van der Waals surface area contributed by atoms with Crippen molar-refractivity contribution >= 4 is 5.82 Å². The van der Waals surface area contributed by atoms with Gasteiger partial charge in [0.15, 0.2) is 0 Å². The van der Waals surface area contributed by atoms with Crippen LogP contribution < -0.4 is 10.5 Å². The molecule has 0 aromatic carbocycles. The van der Waals surface area contributed by atoms with Gasteiger partial charge in [-0.2, -0.15) is 0 Å². The number of nitrogens with zero attached hydrogens (tertiary/aromatic N) is 2. The second-order valence-electron chi connectivity index (χ2n) is 5.60. The van der Waals surface area contributed by atoms with E-state index in [0.717, 1.165) is 18.4 Å². The van der Waals surface area contributed by atoms with Crippen LogP contribution in [0.15, 0.2) is 6.33 Å². The zero-order valence-corrected chi connectivity index (χ0v) is 12.1. The second-order valence-corrected chi connectivity index (χ2v) is 5.60. The average Bonchev–Trinajstić information content (AvgIpc) is 2.26. The number of anilines is 1. The molecule has 1 aromatic heterocycles. The molecule has 19 heavy (non-hydrogen) atoms. The Morgan fingerprint density at radius 3 is 2.47 bits per heavy atom. The fraction of sp³-hybridized carbons (Fsp3) is 0.714. The number of rotatable bonds is 3. The van der Waals surface area contributed by atoms with Crippen molar-refractivity contribution in [2.75, 3.05) is 5.73 Å². The van der Waals surface area contributed by atoms with Crippen molar-refractivity contribution in [2.45, 2.75) is 64.8 Å². The molecule has 0 amide bonds. The van der Waals surface area contributed by atoms with Gasteiger partial charge in [0.2, 0.25) is 5.88 Å². The van der Waals surface area contributed by atoms with Gasteiger partial charge >= 0.3 is 0 Å². The van der Waals surface area contributed by atoms with E-state index in [4.69, 9.17) is 15.2 Å². The first-order chi connectivity index (χ1) is 8.97. The van der Waals surface area contributed by atoms with Crippen molar-refractivity contribution in [3.8, 4) is 5.88 Å². The van der Waals surface area contributed by atoms with Crippen LogP contribution in [0, 0.1) is 0 Å². The monoisotopic (exact) mass is 265 g/mol. The van der Waals surface area contributed by atoms with Gasteiger partial charge in [-0.1, -0.05) is 13.8 Å². The lowest BCUT2D eigenvalue weighted by molar-refractivity contribution is -0.0731. The van der Waals surface area contributed by atoms with Gasteiger partial charge in [0, 0.05) is 12.8 Å². The highest BCUT2D eigenvalue weighted by Crippen LogP contribution is 2.31. The maximum atomic E-state index is 6.06. The first-order valence-corrected chi connectivity index (χ1v) is 6.89. The number of nitrogens with two attached hydrogens (primary N) is 1. The molecule has 2 heterocycles. The number of nitrogen functional groups attached to an aromatic ring is 1. The van der Waals surface area contributed by atoms with Crippen molar-refractivity contribution in [1.82, 2.24) is 9.97 Å². The molecule has 106 valence electrons. The van der Waals surface area contributed by atoms with Crippen molar-refractivity contribution in [3.05, 3.63) is 11.9 Å². The molecule has 2 atom stereocenters. The first kappa shape index (κ1) is 14.1. The Hall–Kier alpha value is -1.36. The van der Waals surface area contributed by atoms with Crippen LogP contribution in [0.4, 0.5) is 5.82 Å². The molecule has 1 aromatic rings. The Balaban J connectivity index is 2.17. The fourth-order valence-electron chi connectivity index (χ4n) is 2.63. The van der Waals surface area contributed by atoms with E-state index in [1.165, 1.54) is 6.33 Å². The number of hydrogen-bond donors (Lipinski definition) is 1. The fourth-order valence-corrected chi connectivity index (χ4v) is 2.63. The van der Waals surface area contributed by atoms with Gasteiger partial charge < -0.3 is 15.2 Å². The quantitative estimate of drug-likeness (QED) is 0.909. The Morgan fingerprint density at radius 1 is 1.26 bits per heavy atom. The molecule has 5 nitrogen and oxygen atoms in total. The lowest BCUT2D eigenvalue weighted by atomic mass is 10.0. The topological polar surface area (TPSA) is 70.3 Å². The molecule has 1 aliphatic rings. The molecule has 0 spiro atoms. The van der Waals surface area contributed by atoms with Crippen LogP contribution in [-0.2, 0) is 4.74 Å². The van der Waals surface area contributed by atoms with E-state index in [2.05, 4.69) is 37.7 Å². The molecule has 2 rings (SSSR count). The highest BCUT2D eigenvalue weighted by Gasteiger charge is 2.27. The molecule has 2 unspecified atom stereocenters. The van der Waals surface area contributed by atoms with Crippen LogP contribution in [0.3, 0.4) is 0 Å². The summed E-state index contributed by atoms with van der Waals surface area (Å²) in [5, 5.41) is 0. The lowest BCUT2D eigenvalue weighted by Crippen LogP contribution is -2.36. The molecule has 0 bridgehead atoms. The SMILES string of the molecule is CC1CC(Oc2ncnc(N)c2C(C)C)CC(C)O1. The van der Waals surface area contributed by atoms with Gasteiger partial charge in [0.05, 0.1) is 17.8 Å². The predicted octanol–water partition coefficient (Wildman–Crippen LogP) is 2.52. The number of ether oxygens (including phenoxy) is 2. The zero-order valence-electron chi connectivity index (χ0n) is 12.1. The van der Waals surface area contributed by atoms with Crippen molar-refractivity contribution in [2.24, 2.45) is 0 Å². The summed E-state index contributed by atoms with van der Waals surface area (Å²) in [5.74, 6) is 1.37. The van der Waals surface area contributed by atoms with Crippen LogP contribution in [0.25, 0.3) is 0 Å². The highest BCUT2D eigenvalue weighted by atomic mass is 16.5. The largest absolute Gasteiger partial charge is 0.474 e. The maximum absolute atomic E-state index is 6.06. The van der Waals surface area contributed by atoms with Crippen molar-refractivity contribution < 1.29 is 9.47 Å². The standard InChI is InChI=1S/C14H23N3O2/c1-8(2)12-13(15)16-7-17-14(12)19-11-5-9(3)18-10(4)6-11/h7-11H,5-6H2,1-4H3,(H2,15,16,17). The molecule has 0 radical (unpaired) electrons. The summed E-state index contributed by atoms with van der Waals surface area (Å²) < 4.78 is 11.8. The molecule has 5 heteroatoms. The van der Waals surface area contributed by atoms with Gasteiger partial charge in [-0.25, -0.2) is 9.97 Å². The molecule has 1 saturated heterocycles. The Bertz CT molecular complexity index is 427. The third-order valence-electron chi connectivity index (χ3n) is 3.39. The Kier molecular flexibility index (Phi) is 4.24. The molecule has 1 fully saturated rings. The number of aromatic nitrogens is 2. The molecule has 2 N–H and O–H groups in total. The highest BCUT2D eigenvalue weighted by molar-refractivity contribution is 5.46. The minimum atomic E-state index is 0.130. The van der Waals surface area contributed by atoms with E-state index in [1.54, 1.807) is 0 Å². The van der Waals surface area contributed by atoms with Crippen molar-refractivity contribution in [3.63, 3.8) is 0 Å². The van der Waals surface area contributed by atoms with Gasteiger partial charge in [-0.15, -0.1) is 0 Å². The predicted molar refractivity (Wildman–Crippen MR) is 74.2 cm³/mol. The van der Waals surface area contributed by atoms with E-state index < -0.39 is 0 Å². The van der Waals surface area contributed by atoms with E-state index in [1.807, 2.05) is 0 Å². The third kappa shape index (κ3) is 3.35. The summed E-state index contributed by atoms with van der Waals surface area (Å²) >= 11 is 0. The van der Waals surface area contributed by atoms with E-state index in [-0.39, 0.29) is 24.2 Å². The summed E-state index contributed by atoms with van der Waals surface area (Å²) in [6.45, 7) is 8.28. The van der Waals surface area contributed by atoms with Crippen molar-refractivity contribution in [1.29, 1.82) is 0 Å². The summed E-state index contributed by atoms with van der Waals surface area (Å²) in [5.41, 5.74) is 6.82. The first-order valence-electron chi connectivity index (χ1n) is 6.89. The summed E-state index contributed by atoms with van der Waals surface area (Å²) in [7, 11) is 0. The molecule has 0 aliphatic carbocycles. The van der Waals surface area contributed by atoms with Gasteiger partial charge in [-0.05, 0) is 19.8 Å². The molecule has 0 saturated carbocycles. The molecule has 1 aliphatic heterocycles. The van der Waals surface area contributed by atoms with E-state index in [0.29, 0.717) is 11.7 Å². The minimum absolute atomic E-state index is 0.130. The average molecular weight is 265 g/mol. The van der Waals surface area contributed by atoms with Crippen LogP contribution in [0.1, 0.15) is 52.0 Å². The van der Waals surface area contributed by atoms with Crippen LogP contribution in [0.5, 0.6) is 5.88 Å². The molecular formula is C14H23N3O2. The Morgan fingerprint density at radius 2 is 1.89 bits per heavy atom. The van der Waals surface area contributed by atoms with Crippen LogP contribution in [-0.4, -0.2) is 28.3 Å².